The monoisotopic (exact) mass is 275 g/mol. The van der Waals surface area contributed by atoms with Crippen molar-refractivity contribution in [2.75, 3.05) is 0 Å². The van der Waals surface area contributed by atoms with Gasteiger partial charge in [0.15, 0.2) is 5.52 Å². The highest BCUT2D eigenvalue weighted by Crippen LogP contribution is 2.25. The summed E-state index contributed by atoms with van der Waals surface area (Å²) in [5, 5.41) is 9.67. The summed E-state index contributed by atoms with van der Waals surface area (Å²) in [6.07, 6.45) is 0. The highest BCUT2D eigenvalue weighted by molar-refractivity contribution is 6.28. The van der Waals surface area contributed by atoms with Gasteiger partial charge in [-0.25, -0.2) is 14.4 Å². The Bertz CT molecular complexity index is 762. The minimum atomic E-state index is -0.317. The van der Waals surface area contributed by atoms with Gasteiger partial charge in [-0.15, -0.1) is 0 Å². The molecule has 0 fully saturated rings. The zero-order valence-corrected chi connectivity index (χ0v) is 10.3. The summed E-state index contributed by atoms with van der Waals surface area (Å²) in [5.41, 5.74) is 2.03. The van der Waals surface area contributed by atoms with Crippen LogP contribution in [0.3, 0.4) is 0 Å². The first-order valence-corrected chi connectivity index (χ1v) is 5.80. The fourth-order valence-electron chi connectivity index (χ4n) is 1.75. The number of hydrogen-bond donors (Lipinski definition) is 1. The summed E-state index contributed by atoms with van der Waals surface area (Å²) >= 11 is 5.65. The number of aromatic hydroxyl groups is 1. The van der Waals surface area contributed by atoms with Crippen LogP contribution in [0.5, 0.6) is 5.88 Å². The number of benzene rings is 1. The number of hydrogen-bond acceptors (Lipinski definition) is 4. The van der Waals surface area contributed by atoms with Crippen molar-refractivity contribution in [2.45, 2.75) is 0 Å². The van der Waals surface area contributed by atoms with Crippen LogP contribution in [0.15, 0.2) is 36.4 Å². The zero-order chi connectivity index (χ0) is 13.4. The molecule has 0 spiro atoms. The van der Waals surface area contributed by atoms with E-state index in [-0.39, 0.29) is 22.5 Å². The Morgan fingerprint density at radius 2 is 1.68 bits per heavy atom. The molecule has 3 aromatic rings. The normalized spacial score (nSPS) is 10.8. The third-order valence-corrected chi connectivity index (χ3v) is 2.81. The van der Waals surface area contributed by atoms with E-state index in [9.17, 15) is 9.50 Å². The molecule has 0 aliphatic rings. The topological polar surface area (TPSA) is 58.9 Å². The number of fused-ring (bicyclic) bond motifs is 1. The number of pyridine rings is 1. The van der Waals surface area contributed by atoms with Crippen LogP contribution < -0.4 is 0 Å². The molecule has 4 nitrogen and oxygen atoms in total. The molecule has 0 radical (unpaired) electrons. The standard InChI is InChI=1S/C13H7ClFN3O/c14-13-17-10-6-5-9(16-11(10)12(19)18-13)7-1-3-8(15)4-2-7/h1-6H,(H,17,18,19). The quantitative estimate of drug-likeness (QED) is 0.693. The Morgan fingerprint density at radius 3 is 2.42 bits per heavy atom. The van der Waals surface area contributed by atoms with Crippen LogP contribution in [-0.4, -0.2) is 20.1 Å². The average Bonchev–Trinajstić information content (AvgIpc) is 2.39. The first kappa shape index (κ1) is 11.8. The predicted molar refractivity (Wildman–Crippen MR) is 69.4 cm³/mol. The highest BCUT2D eigenvalue weighted by Gasteiger charge is 2.09. The summed E-state index contributed by atoms with van der Waals surface area (Å²) in [6.45, 7) is 0. The molecule has 2 heterocycles. The Balaban J connectivity index is 2.19. The van der Waals surface area contributed by atoms with Gasteiger partial charge in [0.2, 0.25) is 11.2 Å². The van der Waals surface area contributed by atoms with Crippen LogP contribution in [0.1, 0.15) is 0 Å². The second-order valence-corrected chi connectivity index (χ2v) is 4.23. The van der Waals surface area contributed by atoms with Crippen molar-refractivity contribution >= 4 is 22.6 Å². The predicted octanol–water partition coefficient (Wildman–Crippen LogP) is 3.19. The highest BCUT2D eigenvalue weighted by atomic mass is 35.5. The molecule has 1 aromatic carbocycles. The number of halogens is 2. The van der Waals surface area contributed by atoms with Crippen molar-refractivity contribution in [2.24, 2.45) is 0 Å². The van der Waals surface area contributed by atoms with Crippen LogP contribution in [-0.2, 0) is 0 Å². The second kappa shape index (κ2) is 4.44. The van der Waals surface area contributed by atoms with Crippen molar-refractivity contribution in [3.63, 3.8) is 0 Å². The van der Waals surface area contributed by atoms with Gasteiger partial charge < -0.3 is 5.11 Å². The lowest BCUT2D eigenvalue weighted by Gasteiger charge is -2.04. The Morgan fingerprint density at radius 1 is 0.947 bits per heavy atom. The van der Waals surface area contributed by atoms with Gasteiger partial charge in [-0.3, -0.25) is 0 Å². The molecular formula is C13H7ClFN3O. The van der Waals surface area contributed by atoms with Gasteiger partial charge in [0.1, 0.15) is 5.82 Å². The van der Waals surface area contributed by atoms with Gasteiger partial charge in [-0.2, -0.15) is 4.98 Å². The van der Waals surface area contributed by atoms with Crippen LogP contribution >= 0.6 is 11.6 Å². The van der Waals surface area contributed by atoms with E-state index >= 15 is 0 Å². The van der Waals surface area contributed by atoms with Crippen molar-refractivity contribution in [3.05, 3.63) is 47.5 Å². The van der Waals surface area contributed by atoms with E-state index in [1.54, 1.807) is 24.3 Å². The lowest BCUT2D eigenvalue weighted by Crippen LogP contribution is -1.91. The van der Waals surface area contributed by atoms with Gasteiger partial charge in [0, 0.05) is 5.56 Å². The summed E-state index contributed by atoms with van der Waals surface area (Å²) in [4.78, 5) is 11.9. The average molecular weight is 276 g/mol. The molecule has 0 saturated heterocycles. The summed E-state index contributed by atoms with van der Waals surface area (Å²) in [6, 6.07) is 9.31. The van der Waals surface area contributed by atoms with Crippen molar-refractivity contribution < 1.29 is 9.50 Å². The fraction of sp³-hybridized carbons (Fsp3) is 0. The largest absolute Gasteiger partial charge is 0.492 e. The Hall–Kier alpha value is -2.27. The molecule has 0 amide bonds. The van der Waals surface area contributed by atoms with Crippen LogP contribution in [0.25, 0.3) is 22.3 Å². The molecule has 0 unspecified atom stereocenters. The molecule has 94 valence electrons. The molecule has 0 aliphatic carbocycles. The molecule has 0 bridgehead atoms. The van der Waals surface area contributed by atoms with E-state index in [4.69, 9.17) is 11.6 Å². The fourth-order valence-corrected chi connectivity index (χ4v) is 1.92. The van der Waals surface area contributed by atoms with Crippen molar-refractivity contribution in [3.8, 4) is 17.1 Å². The van der Waals surface area contributed by atoms with Gasteiger partial charge in [0.25, 0.3) is 0 Å². The maximum Gasteiger partial charge on any atom is 0.242 e. The lowest BCUT2D eigenvalue weighted by atomic mass is 10.1. The van der Waals surface area contributed by atoms with Crippen LogP contribution in [0.4, 0.5) is 4.39 Å². The molecule has 2 aromatic heterocycles. The lowest BCUT2D eigenvalue weighted by molar-refractivity contribution is 0.458. The van der Waals surface area contributed by atoms with E-state index in [1.807, 2.05) is 0 Å². The molecular weight excluding hydrogens is 269 g/mol. The van der Waals surface area contributed by atoms with Crippen LogP contribution in [0.2, 0.25) is 5.28 Å². The first-order chi connectivity index (χ1) is 9.13. The summed E-state index contributed by atoms with van der Waals surface area (Å²) in [7, 11) is 0. The summed E-state index contributed by atoms with van der Waals surface area (Å²) < 4.78 is 12.9. The third kappa shape index (κ3) is 2.20. The molecule has 3 rings (SSSR count). The van der Waals surface area contributed by atoms with Crippen molar-refractivity contribution in [1.82, 2.24) is 15.0 Å². The SMILES string of the molecule is Oc1nc(Cl)nc2ccc(-c3ccc(F)cc3)nc12. The molecule has 0 atom stereocenters. The number of aromatic nitrogens is 3. The molecule has 1 N–H and O–H groups in total. The zero-order valence-electron chi connectivity index (χ0n) is 9.51. The maximum absolute atomic E-state index is 12.9. The van der Waals surface area contributed by atoms with Gasteiger partial charge in [-0.05, 0) is 48.0 Å². The first-order valence-electron chi connectivity index (χ1n) is 5.43. The van der Waals surface area contributed by atoms with E-state index in [1.165, 1.54) is 12.1 Å². The van der Waals surface area contributed by atoms with Gasteiger partial charge in [-0.1, -0.05) is 0 Å². The molecule has 19 heavy (non-hydrogen) atoms. The summed E-state index contributed by atoms with van der Waals surface area (Å²) in [5.74, 6) is -0.596. The number of nitrogens with zero attached hydrogens (tertiary/aromatic N) is 3. The minimum Gasteiger partial charge on any atom is -0.492 e. The van der Waals surface area contributed by atoms with Gasteiger partial charge >= 0.3 is 0 Å². The number of rotatable bonds is 1. The molecule has 6 heteroatoms. The van der Waals surface area contributed by atoms with E-state index < -0.39 is 0 Å². The smallest absolute Gasteiger partial charge is 0.242 e. The van der Waals surface area contributed by atoms with E-state index in [2.05, 4.69) is 15.0 Å². The second-order valence-electron chi connectivity index (χ2n) is 3.89. The van der Waals surface area contributed by atoms with E-state index in [0.29, 0.717) is 11.2 Å². The van der Waals surface area contributed by atoms with Crippen molar-refractivity contribution in [1.29, 1.82) is 0 Å². The van der Waals surface area contributed by atoms with Crippen LogP contribution in [0, 0.1) is 5.82 Å². The Kier molecular flexibility index (Phi) is 2.76. The van der Waals surface area contributed by atoms with Gasteiger partial charge in [0.05, 0.1) is 11.2 Å². The molecule has 0 saturated carbocycles. The maximum atomic E-state index is 12.9. The molecule has 0 aliphatic heterocycles. The Labute approximate surface area is 112 Å². The van der Waals surface area contributed by atoms with E-state index in [0.717, 1.165) is 5.56 Å². The minimum absolute atomic E-state index is 0.0404. The third-order valence-electron chi connectivity index (χ3n) is 2.64.